The zero-order chi connectivity index (χ0) is 31.0. The van der Waals surface area contributed by atoms with Gasteiger partial charge in [0.25, 0.3) is 5.56 Å². The van der Waals surface area contributed by atoms with Crippen molar-refractivity contribution < 1.29 is 14.3 Å². The molecule has 0 aliphatic carbocycles. The van der Waals surface area contributed by atoms with Gasteiger partial charge in [-0.1, -0.05) is 59.5 Å². The van der Waals surface area contributed by atoms with E-state index in [-0.39, 0.29) is 12.2 Å². The summed E-state index contributed by atoms with van der Waals surface area (Å²) in [7, 11) is 1.54. The van der Waals surface area contributed by atoms with E-state index in [1.165, 1.54) is 11.3 Å². The lowest BCUT2D eigenvalue weighted by Crippen LogP contribution is -2.40. The van der Waals surface area contributed by atoms with Crippen molar-refractivity contribution in [1.82, 2.24) is 9.13 Å². The Labute approximate surface area is 268 Å². The maximum absolute atomic E-state index is 14.2. The quantitative estimate of drug-likeness (QED) is 0.192. The SMILES string of the molecule is CCCC1=C(C(=O)OCC)[C@@H](c2cc(Cl)ccc2OC)n2c(s/c(=C/c3cc(C)n(-c4ccc(Cl)c(Cl)c4)c3C)c2=O)=N1. The Kier molecular flexibility index (Phi) is 9.23. The number of hydrogen-bond donors (Lipinski definition) is 0. The molecule has 0 spiro atoms. The first kappa shape index (κ1) is 31.1. The Hall–Kier alpha value is -3.30. The lowest BCUT2D eigenvalue weighted by Gasteiger charge is -2.27. The first-order chi connectivity index (χ1) is 20.6. The molecule has 0 bridgehead atoms. The summed E-state index contributed by atoms with van der Waals surface area (Å²) in [5.74, 6) is -0.0325. The van der Waals surface area contributed by atoms with Gasteiger partial charge in [0.2, 0.25) is 0 Å². The van der Waals surface area contributed by atoms with Crippen LogP contribution in [-0.2, 0) is 9.53 Å². The zero-order valence-electron chi connectivity index (χ0n) is 24.3. The predicted octanol–water partition coefficient (Wildman–Crippen LogP) is 6.95. The topological polar surface area (TPSA) is 74.8 Å². The average Bonchev–Trinajstić information content (AvgIpc) is 3.43. The van der Waals surface area contributed by atoms with E-state index in [0.29, 0.717) is 53.4 Å². The highest BCUT2D eigenvalue weighted by molar-refractivity contribution is 7.07. The summed E-state index contributed by atoms with van der Waals surface area (Å²) in [5, 5.41) is 1.38. The number of hydrogen-bond acceptors (Lipinski definition) is 6. The van der Waals surface area contributed by atoms with Crippen LogP contribution in [0, 0.1) is 13.8 Å². The number of nitrogens with zero attached hydrogens (tertiary/aromatic N) is 3. The van der Waals surface area contributed by atoms with Crippen LogP contribution in [0.2, 0.25) is 15.1 Å². The highest BCUT2D eigenvalue weighted by Crippen LogP contribution is 2.38. The largest absolute Gasteiger partial charge is 0.496 e. The monoisotopic (exact) mass is 657 g/mol. The van der Waals surface area contributed by atoms with Gasteiger partial charge in [-0.25, -0.2) is 9.79 Å². The number of esters is 1. The van der Waals surface area contributed by atoms with E-state index in [9.17, 15) is 9.59 Å². The molecule has 3 heterocycles. The molecule has 2 aromatic heterocycles. The van der Waals surface area contributed by atoms with E-state index >= 15 is 0 Å². The second-order valence-electron chi connectivity index (χ2n) is 10.1. The van der Waals surface area contributed by atoms with Crippen LogP contribution in [0.1, 0.15) is 55.2 Å². The summed E-state index contributed by atoms with van der Waals surface area (Å²) in [6.07, 6.45) is 3.14. The van der Waals surface area contributed by atoms with Gasteiger partial charge < -0.3 is 14.0 Å². The molecule has 1 atom stereocenters. The molecule has 1 aliphatic heterocycles. The fraction of sp³-hybridized carbons (Fsp3) is 0.281. The number of aryl methyl sites for hydroxylation is 1. The molecule has 1 aliphatic rings. The molecule has 4 aromatic rings. The molecule has 0 N–H and O–H groups in total. The van der Waals surface area contributed by atoms with Gasteiger partial charge in [0.1, 0.15) is 11.8 Å². The van der Waals surface area contributed by atoms with E-state index in [2.05, 4.69) is 4.57 Å². The predicted molar refractivity (Wildman–Crippen MR) is 173 cm³/mol. The molecule has 0 unspecified atom stereocenters. The van der Waals surface area contributed by atoms with Gasteiger partial charge in [-0.05, 0) is 81.3 Å². The third kappa shape index (κ3) is 5.81. The number of benzene rings is 2. The van der Waals surface area contributed by atoms with Crippen LogP contribution in [0.3, 0.4) is 0 Å². The molecule has 0 saturated heterocycles. The molecule has 0 saturated carbocycles. The minimum Gasteiger partial charge on any atom is -0.496 e. The van der Waals surface area contributed by atoms with E-state index in [1.54, 1.807) is 42.9 Å². The van der Waals surface area contributed by atoms with E-state index in [4.69, 9.17) is 49.3 Å². The Morgan fingerprint density at radius 2 is 1.84 bits per heavy atom. The number of halogens is 3. The van der Waals surface area contributed by atoms with E-state index in [0.717, 1.165) is 29.1 Å². The van der Waals surface area contributed by atoms with Crippen molar-refractivity contribution in [1.29, 1.82) is 0 Å². The first-order valence-corrected chi connectivity index (χ1v) is 15.7. The third-order valence-electron chi connectivity index (χ3n) is 7.30. The summed E-state index contributed by atoms with van der Waals surface area (Å²) in [6.45, 7) is 7.91. The smallest absolute Gasteiger partial charge is 0.338 e. The Balaban J connectivity index is 1.76. The number of thiazole rings is 1. The first-order valence-electron chi connectivity index (χ1n) is 13.8. The number of methoxy groups -OCH3 is 1. The zero-order valence-corrected chi connectivity index (χ0v) is 27.4. The molecule has 7 nitrogen and oxygen atoms in total. The average molecular weight is 659 g/mol. The third-order valence-corrected chi connectivity index (χ3v) is 9.25. The van der Waals surface area contributed by atoms with E-state index in [1.807, 2.05) is 45.0 Å². The van der Waals surface area contributed by atoms with Gasteiger partial charge in [-0.15, -0.1) is 0 Å². The molecule has 0 fully saturated rings. The second kappa shape index (κ2) is 12.7. The molecular formula is C32H30Cl3N3O4S. The van der Waals surface area contributed by atoms with Crippen LogP contribution in [-0.4, -0.2) is 28.8 Å². The minimum absolute atomic E-state index is 0.181. The van der Waals surface area contributed by atoms with Crippen LogP contribution in [0.15, 0.2) is 63.5 Å². The summed E-state index contributed by atoms with van der Waals surface area (Å²) in [4.78, 5) is 33.0. The number of ether oxygens (including phenoxy) is 2. The lowest BCUT2D eigenvalue weighted by atomic mass is 9.93. The van der Waals surface area contributed by atoms with Crippen molar-refractivity contribution in [2.75, 3.05) is 13.7 Å². The van der Waals surface area contributed by atoms with Gasteiger partial charge in [0, 0.05) is 27.7 Å². The number of carbonyl (C=O) groups is 1. The van der Waals surface area contributed by atoms with Gasteiger partial charge in [-0.3, -0.25) is 9.36 Å². The van der Waals surface area contributed by atoms with Crippen LogP contribution < -0.4 is 19.6 Å². The molecule has 2 aromatic carbocycles. The van der Waals surface area contributed by atoms with Gasteiger partial charge >= 0.3 is 5.97 Å². The summed E-state index contributed by atoms with van der Waals surface area (Å²) < 4.78 is 15.2. The summed E-state index contributed by atoms with van der Waals surface area (Å²) >= 11 is 20.2. The highest BCUT2D eigenvalue weighted by Gasteiger charge is 2.36. The normalized spacial score (nSPS) is 15.0. The van der Waals surface area contributed by atoms with Crippen molar-refractivity contribution >= 4 is 58.2 Å². The second-order valence-corrected chi connectivity index (χ2v) is 12.3. The van der Waals surface area contributed by atoms with Crippen LogP contribution >= 0.6 is 46.1 Å². The fourth-order valence-corrected chi connectivity index (χ4v) is 6.91. The Bertz CT molecular complexity index is 1950. The maximum Gasteiger partial charge on any atom is 0.338 e. The Morgan fingerprint density at radius 3 is 2.51 bits per heavy atom. The number of rotatable bonds is 8. The van der Waals surface area contributed by atoms with Crippen molar-refractivity contribution in [2.24, 2.45) is 4.99 Å². The van der Waals surface area contributed by atoms with Crippen LogP contribution in [0.4, 0.5) is 0 Å². The maximum atomic E-state index is 14.2. The molecular weight excluding hydrogens is 629 g/mol. The van der Waals surface area contributed by atoms with Crippen molar-refractivity contribution in [2.45, 2.75) is 46.6 Å². The van der Waals surface area contributed by atoms with Crippen LogP contribution in [0.5, 0.6) is 5.75 Å². The lowest BCUT2D eigenvalue weighted by molar-refractivity contribution is -0.139. The molecule has 43 heavy (non-hydrogen) atoms. The van der Waals surface area contributed by atoms with Crippen LogP contribution in [0.25, 0.3) is 11.8 Å². The summed E-state index contributed by atoms with van der Waals surface area (Å²) in [5.41, 5.74) is 4.80. The van der Waals surface area contributed by atoms with Crippen molar-refractivity contribution in [3.05, 3.63) is 111 Å². The molecule has 5 rings (SSSR count). The number of aromatic nitrogens is 2. The van der Waals surface area contributed by atoms with Gasteiger partial charge in [-0.2, -0.15) is 0 Å². The van der Waals surface area contributed by atoms with Crippen molar-refractivity contribution in [3.8, 4) is 11.4 Å². The molecule has 224 valence electrons. The minimum atomic E-state index is -0.837. The standard InChI is InChI=1S/C32H30Cl3N3O4S/c1-6-8-25-28(31(40)42-7-2)29(22-15-20(33)9-12-26(22)41-5)38-30(39)27(43-32(38)36-25)14-19-13-17(3)37(18(19)4)21-10-11-23(34)24(35)16-21/h9-16,29H,6-8H2,1-5H3/b27-14+/t29-/m1/s1. The fourth-order valence-electron chi connectivity index (χ4n) is 5.43. The Morgan fingerprint density at radius 1 is 1.07 bits per heavy atom. The van der Waals surface area contributed by atoms with Crippen molar-refractivity contribution in [3.63, 3.8) is 0 Å². The van der Waals surface area contributed by atoms with Gasteiger partial charge in [0.15, 0.2) is 4.80 Å². The van der Waals surface area contributed by atoms with Gasteiger partial charge in [0.05, 0.1) is 39.6 Å². The number of allylic oxidation sites excluding steroid dienone is 1. The molecule has 11 heteroatoms. The molecule has 0 amide bonds. The van der Waals surface area contributed by atoms with E-state index < -0.39 is 12.0 Å². The number of fused-ring (bicyclic) bond motifs is 1. The summed E-state index contributed by atoms with van der Waals surface area (Å²) in [6, 6.07) is 11.8. The number of carbonyl (C=O) groups excluding carboxylic acids is 1. The highest BCUT2D eigenvalue weighted by atomic mass is 35.5. The molecule has 0 radical (unpaired) electrons.